The molecule has 2 aromatic heterocycles. The summed E-state index contributed by atoms with van der Waals surface area (Å²) in [6, 6.07) is 7.80. The van der Waals surface area contributed by atoms with Gasteiger partial charge in [0.05, 0.1) is 17.5 Å². The lowest BCUT2D eigenvalue weighted by Gasteiger charge is -2.21. The maximum atomic E-state index is 12.3. The second kappa shape index (κ2) is 9.02. The number of nitrogens with one attached hydrogen (secondary N) is 1. The maximum Gasteiger partial charge on any atom is 0.236 e. The Kier molecular flexibility index (Phi) is 6.23. The van der Waals surface area contributed by atoms with E-state index in [1.165, 1.54) is 42.4 Å². The number of hydrogen-bond donors (Lipinski definition) is 1. The Bertz CT molecular complexity index is 936. The normalized spacial score (nSPS) is 14.9. The van der Waals surface area contributed by atoms with Gasteiger partial charge in [-0.25, -0.2) is 9.67 Å². The van der Waals surface area contributed by atoms with Crippen molar-refractivity contribution in [2.24, 2.45) is 0 Å². The molecule has 7 nitrogen and oxygen atoms in total. The van der Waals surface area contributed by atoms with E-state index >= 15 is 0 Å². The number of rotatable bonds is 6. The molecular weight excluding hydrogens is 416 g/mol. The topological polar surface area (TPSA) is 85.6 Å². The Labute approximate surface area is 175 Å². The lowest BCUT2D eigenvalue weighted by atomic mass is 9.96. The summed E-state index contributed by atoms with van der Waals surface area (Å²) in [6.45, 7) is 0. The molecule has 10 heteroatoms. The minimum Gasteiger partial charge on any atom is -0.301 e. The van der Waals surface area contributed by atoms with Crippen LogP contribution in [-0.2, 0) is 4.79 Å². The summed E-state index contributed by atoms with van der Waals surface area (Å²) in [4.78, 5) is 16.8. The van der Waals surface area contributed by atoms with Gasteiger partial charge in [0, 0.05) is 16.0 Å². The van der Waals surface area contributed by atoms with Gasteiger partial charge in [0.1, 0.15) is 0 Å². The molecule has 0 aliphatic heterocycles. The van der Waals surface area contributed by atoms with Gasteiger partial charge >= 0.3 is 0 Å². The molecule has 1 saturated carbocycles. The molecular formula is C18H19ClN6OS2. The van der Waals surface area contributed by atoms with Gasteiger partial charge in [0.25, 0.3) is 0 Å². The molecule has 0 atom stereocenters. The molecule has 28 heavy (non-hydrogen) atoms. The molecule has 1 fully saturated rings. The van der Waals surface area contributed by atoms with Gasteiger partial charge in [-0.1, -0.05) is 54.8 Å². The number of tetrazole rings is 1. The fraction of sp³-hybridized carbons (Fsp3) is 0.389. The Morgan fingerprint density at radius 2 is 2.04 bits per heavy atom. The fourth-order valence-corrected chi connectivity index (χ4v) is 4.81. The average molecular weight is 435 g/mol. The number of thioether (sulfide) groups is 1. The average Bonchev–Trinajstić information content (AvgIpc) is 3.37. The van der Waals surface area contributed by atoms with Gasteiger partial charge in [-0.05, 0) is 35.4 Å². The van der Waals surface area contributed by atoms with E-state index in [2.05, 4.69) is 25.8 Å². The van der Waals surface area contributed by atoms with Crippen molar-refractivity contribution in [2.45, 2.75) is 43.3 Å². The summed E-state index contributed by atoms with van der Waals surface area (Å²) in [6.07, 6.45) is 5.87. The van der Waals surface area contributed by atoms with Gasteiger partial charge in [-0.2, -0.15) is 0 Å². The van der Waals surface area contributed by atoms with Crippen LogP contribution < -0.4 is 5.32 Å². The highest BCUT2D eigenvalue weighted by Crippen LogP contribution is 2.30. The third-order valence-corrected chi connectivity index (χ3v) is 6.55. The van der Waals surface area contributed by atoms with Crippen molar-refractivity contribution in [3.8, 4) is 11.3 Å². The zero-order chi connectivity index (χ0) is 19.3. The molecule has 1 aromatic carbocycles. The van der Waals surface area contributed by atoms with E-state index in [0.717, 1.165) is 24.1 Å². The van der Waals surface area contributed by atoms with Crippen molar-refractivity contribution in [3.05, 3.63) is 34.7 Å². The number of amides is 1. The quantitative estimate of drug-likeness (QED) is 0.566. The van der Waals surface area contributed by atoms with Crippen molar-refractivity contribution in [1.29, 1.82) is 0 Å². The second-order valence-electron chi connectivity index (χ2n) is 6.58. The number of anilines is 1. The molecule has 0 saturated heterocycles. The van der Waals surface area contributed by atoms with E-state index < -0.39 is 0 Å². The molecule has 1 N–H and O–H groups in total. The number of halogens is 1. The van der Waals surface area contributed by atoms with Crippen molar-refractivity contribution >= 4 is 45.7 Å². The first kappa shape index (κ1) is 19.4. The lowest BCUT2D eigenvalue weighted by molar-refractivity contribution is -0.113. The predicted molar refractivity (Wildman–Crippen MR) is 112 cm³/mol. The highest BCUT2D eigenvalue weighted by Gasteiger charge is 2.21. The first-order valence-electron chi connectivity index (χ1n) is 9.11. The molecule has 0 spiro atoms. The number of nitrogens with zero attached hydrogens (tertiary/aromatic N) is 5. The van der Waals surface area contributed by atoms with E-state index in [0.29, 0.717) is 21.4 Å². The van der Waals surface area contributed by atoms with E-state index in [1.54, 1.807) is 0 Å². The summed E-state index contributed by atoms with van der Waals surface area (Å²) in [5.41, 5.74) is 1.77. The number of carbonyl (C=O) groups is 1. The Morgan fingerprint density at radius 3 is 2.82 bits per heavy atom. The molecule has 146 valence electrons. The fourth-order valence-electron chi connectivity index (χ4n) is 3.21. The van der Waals surface area contributed by atoms with Crippen LogP contribution in [0.1, 0.15) is 38.1 Å². The largest absolute Gasteiger partial charge is 0.301 e. The Morgan fingerprint density at radius 1 is 1.25 bits per heavy atom. The highest BCUT2D eigenvalue weighted by molar-refractivity contribution is 7.99. The first-order valence-corrected chi connectivity index (χ1v) is 11.4. The third-order valence-electron chi connectivity index (χ3n) is 4.61. The minimum atomic E-state index is -0.125. The summed E-state index contributed by atoms with van der Waals surface area (Å²) in [5.74, 6) is 0.114. The number of carbonyl (C=O) groups excluding carboxylic acids is 1. The van der Waals surface area contributed by atoms with Gasteiger partial charge in [-0.15, -0.1) is 16.4 Å². The monoisotopic (exact) mass is 434 g/mol. The molecule has 0 radical (unpaired) electrons. The molecule has 3 aromatic rings. The van der Waals surface area contributed by atoms with E-state index in [1.807, 2.05) is 34.3 Å². The van der Waals surface area contributed by atoms with Crippen LogP contribution in [0.5, 0.6) is 0 Å². The van der Waals surface area contributed by atoms with Crippen LogP contribution in [0.3, 0.4) is 0 Å². The lowest BCUT2D eigenvalue weighted by Crippen LogP contribution is -2.17. The molecule has 1 aliphatic rings. The molecule has 0 bridgehead atoms. The van der Waals surface area contributed by atoms with Gasteiger partial charge in [0.2, 0.25) is 11.1 Å². The van der Waals surface area contributed by atoms with Gasteiger partial charge in [0.15, 0.2) is 5.13 Å². The maximum absolute atomic E-state index is 12.3. The smallest absolute Gasteiger partial charge is 0.236 e. The van der Waals surface area contributed by atoms with E-state index in [4.69, 9.17) is 11.6 Å². The van der Waals surface area contributed by atoms with Crippen molar-refractivity contribution in [2.75, 3.05) is 11.1 Å². The van der Waals surface area contributed by atoms with Crippen molar-refractivity contribution in [1.82, 2.24) is 25.2 Å². The summed E-state index contributed by atoms with van der Waals surface area (Å²) in [7, 11) is 0. The molecule has 0 unspecified atom stereocenters. The zero-order valence-electron chi connectivity index (χ0n) is 15.0. The Balaban J connectivity index is 1.33. The van der Waals surface area contributed by atoms with Crippen LogP contribution in [0.25, 0.3) is 11.3 Å². The van der Waals surface area contributed by atoms with E-state index in [-0.39, 0.29) is 11.7 Å². The molecule has 1 amide bonds. The van der Waals surface area contributed by atoms with Crippen LogP contribution >= 0.6 is 34.7 Å². The van der Waals surface area contributed by atoms with Crippen LogP contribution in [0.4, 0.5) is 5.13 Å². The number of thiazole rings is 1. The number of hydrogen-bond acceptors (Lipinski definition) is 7. The van der Waals surface area contributed by atoms with Crippen LogP contribution in [0.2, 0.25) is 5.02 Å². The standard InChI is InChI=1S/C18H19ClN6OS2/c19-13-8-6-12(7-9-13)15-10-27-17(20-15)21-16(26)11-28-18-22-23-24-25(18)14-4-2-1-3-5-14/h6-10,14H,1-5,11H2,(H,20,21,26). The summed E-state index contributed by atoms with van der Waals surface area (Å²) >= 11 is 8.67. The highest BCUT2D eigenvalue weighted by atomic mass is 35.5. The van der Waals surface area contributed by atoms with Crippen molar-refractivity contribution in [3.63, 3.8) is 0 Å². The Hall–Kier alpha value is -1.97. The van der Waals surface area contributed by atoms with Gasteiger partial charge < -0.3 is 5.32 Å². The van der Waals surface area contributed by atoms with Crippen LogP contribution in [0, 0.1) is 0 Å². The SMILES string of the molecule is O=C(CSc1nnnn1C1CCCCC1)Nc1nc(-c2ccc(Cl)cc2)cs1. The van der Waals surface area contributed by atoms with Crippen molar-refractivity contribution < 1.29 is 4.79 Å². The zero-order valence-corrected chi connectivity index (χ0v) is 17.4. The second-order valence-corrected chi connectivity index (χ2v) is 8.82. The van der Waals surface area contributed by atoms with Crippen LogP contribution in [-0.4, -0.2) is 36.9 Å². The molecule has 4 rings (SSSR count). The predicted octanol–water partition coefficient (Wildman–Crippen LogP) is 4.69. The first-order chi connectivity index (χ1) is 13.7. The third kappa shape index (κ3) is 4.71. The number of benzene rings is 1. The minimum absolute atomic E-state index is 0.125. The summed E-state index contributed by atoms with van der Waals surface area (Å²) in [5, 5.41) is 18.7. The van der Waals surface area contributed by atoms with Gasteiger partial charge in [-0.3, -0.25) is 4.79 Å². The molecule has 2 heterocycles. The van der Waals surface area contributed by atoms with E-state index in [9.17, 15) is 4.79 Å². The summed E-state index contributed by atoms with van der Waals surface area (Å²) < 4.78 is 1.87. The molecule has 1 aliphatic carbocycles. The van der Waals surface area contributed by atoms with Crippen LogP contribution in [0.15, 0.2) is 34.8 Å². The number of aromatic nitrogens is 5.